The normalized spacial score (nSPS) is 13.4. The summed E-state index contributed by atoms with van der Waals surface area (Å²) in [5.74, 6) is 2.19. The van der Waals surface area contributed by atoms with Crippen molar-refractivity contribution in [1.29, 1.82) is 5.26 Å². The van der Waals surface area contributed by atoms with Gasteiger partial charge in [0, 0.05) is 6.08 Å². The molecule has 0 aromatic heterocycles. The lowest BCUT2D eigenvalue weighted by molar-refractivity contribution is 0.171. The third kappa shape index (κ3) is 2.75. The number of hydrogen-bond donors (Lipinski definition) is 0. The molecule has 2 aromatic rings. The van der Waals surface area contributed by atoms with Crippen LogP contribution in [0.4, 0.5) is 0 Å². The summed E-state index contributed by atoms with van der Waals surface area (Å²) >= 11 is 0. The van der Waals surface area contributed by atoms with Crippen LogP contribution < -0.4 is 14.2 Å². The van der Waals surface area contributed by atoms with Crippen molar-refractivity contribution in [3.63, 3.8) is 0 Å². The quantitative estimate of drug-likeness (QED) is 0.814. The van der Waals surface area contributed by atoms with Crippen LogP contribution in [0.15, 0.2) is 48.5 Å². The number of hydrogen-bond acceptors (Lipinski definition) is 4. The average Bonchev–Trinajstić information content (AvgIpc) is 2.59. The summed E-state index contributed by atoms with van der Waals surface area (Å²) in [6, 6.07) is 15.4. The highest BCUT2D eigenvalue weighted by molar-refractivity contribution is 5.82. The molecule has 1 heterocycles. The maximum Gasteiger partial charge on any atom is 0.161 e. The van der Waals surface area contributed by atoms with E-state index in [1.165, 1.54) is 6.08 Å². The highest BCUT2D eigenvalue weighted by atomic mass is 16.6. The molecule has 1 aliphatic rings. The predicted molar refractivity (Wildman–Crippen MR) is 83.1 cm³/mol. The minimum atomic E-state index is 0.535. The van der Waals surface area contributed by atoms with Crippen LogP contribution in [0.25, 0.3) is 5.57 Å². The van der Waals surface area contributed by atoms with Crippen molar-refractivity contribution in [2.24, 2.45) is 0 Å². The van der Waals surface area contributed by atoms with Gasteiger partial charge in [-0.3, -0.25) is 0 Å². The van der Waals surface area contributed by atoms with Gasteiger partial charge in [0.15, 0.2) is 11.5 Å². The summed E-state index contributed by atoms with van der Waals surface area (Å²) in [5, 5.41) is 9.11. The van der Waals surface area contributed by atoms with Crippen molar-refractivity contribution in [2.75, 3.05) is 20.3 Å². The topological polar surface area (TPSA) is 51.5 Å². The van der Waals surface area contributed by atoms with Crippen molar-refractivity contribution < 1.29 is 14.2 Å². The number of ether oxygens (including phenoxy) is 3. The Bertz CT molecular complexity index is 759. The molecule has 4 heteroatoms. The Balaban J connectivity index is 2.05. The fraction of sp³-hybridized carbons (Fsp3) is 0.167. The zero-order valence-corrected chi connectivity index (χ0v) is 12.2. The zero-order valence-electron chi connectivity index (χ0n) is 12.2. The Morgan fingerprint density at radius 3 is 2.64 bits per heavy atom. The van der Waals surface area contributed by atoms with Crippen LogP contribution in [0.1, 0.15) is 11.1 Å². The van der Waals surface area contributed by atoms with Crippen molar-refractivity contribution in [3.05, 3.63) is 59.7 Å². The third-order valence-electron chi connectivity index (χ3n) is 3.44. The highest BCUT2D eigenvalue weighted by Gasteiger charge is 2.14. The molecule has 110 valence electrons. The summed E-state index contributed by atoms with van der Waals surface area (Å²) in [6.07, 6.45) is 1.53. The molecule has 0 unspecified atom stereocenters. The monoisotopic (exact) mass is 293 g/mol. The average molecular weight is 293 g/mol. The molecule has 2 aromatic carbocycles. The van der Waals surface area contributed by atoms with E-state index in [2.05, 4.69) is 6.07 Å². The number of nitrogens with zero attached hydrogens (tertiary/aromatic N) is 1. The molecule has 0 aliphatic carbocycles. The molecule has 0 bridgehead atoms. The van der Waals surface area contributed by atoms with Gasteiger partial charge in [-0.2, -0.15) is 5.26 Å². The van der Waals surface area contributed by atoms with Gasteiger partial charge in [-0.1, -0.05) is 18.2 Å². The van der Waals surface area contributed by atoms with E-state index in [1.807, 2.05) is 42.5 Å². The van der Waals surface area contributed by atoms with Crippen LogP contribution in [0, 0.1) is 11.3 Å². The van der Waals surface area contributed by atoms with Gasteiger partial charge in [0.2, 0.25) is 0 Å². The second-order valence-corrected chi connectivity index (χ2v) is 4.78. The van der Waals surface area contributed by atoms with E-state index in [0.717, 1.165) is 28.2 Å². The molecule has 1 aliphatic heterocycles. The summed E-state index contributed by atoms with van der Waals surface area (Å²) in [7, 11) is 1.62. The first-order valence-electron chi connectivity index (χ1n) is 6.96. The lowest BCUT2D eigenvalue weighted by atomic mass is 9.97. The highest BCUT2D eigenvalue weighted by Crippen LogP contribution is 2.35. The van der Waals surface area contributed by atoms with Crippen molar-refractivity contribution in [3.8, 4) is 23.3 Å². The summed E-state index contributed by atoms with van der Waals surface area (Å²) in [6.45, 7) is 1.09. The Morgan fingerprint density at radius 2 is 1.86 bits per heavy atom. The zero-order chi connectivity index (χ0) is 15.4. The summed E-state index contributed by atoms with van der Waals surface area (Å²) < 4.78 is 16.4. The van der Waals surface area contributed by atoms with Gasteiger partial charge in [0.1, 0.15) is 19.0 Å². The van der Waals surface area contributed by atoms with E-state index >= 15 is 0 Å². The maximum atomic E-state index is 9.11. The first-order chi connectivity index (χ1) is 10.8. The molecule has 0 amide bonds. The minimum absolute atomic E-state index is 0.535. The molecule has 0 saturated carbocycles. The molecule has 3 rings (SSSR count). The smallest absolute Gasteiger partial charge is 0.161 e. The largest absolute Gasteiger partial charge is 0.497 e. The van der Waals surface area contributed by atoms with Crippen molar-refractivity contribution in [1.82, 2.24) is 0 Å². The molecule has 0 atom stereocenters. The molecule has 0 saturated heterocycles. The number of rotatable bonds is 3. The number of nitriles is 1. The van der Waals surface area contributed by atoms with E-state index in [4.69, 9.17) is 19.5 Å². The summed E-state index contributed by atoms with van der Waals surface area (Å²) in [4.78, 5) is 0. The number of methoxy groups -OCH3 is 1. The van der Waals surface area contributed by atoms with Crippen LogP contribution in [-0.4, -0.2) is 20.3 Å². The minimum Gasteiger partial charge on any atom is -0.497 e. The Hall–Kier alpha value is -2.93. The van der Waals surface area contributed by atoms with Gasteiger partial charge >= 0.3 is 0 Å². The van der Waals surface area contributed by atoms with E-state index in [0.29, 0.717) is 19.0 Å². The van der Waals surface area contributed by atoms with Gasteiger partial charge in [-0.15, -0.1) is 0 Å². The van der Waals surface area contributed by atoms with Crippen LogP contribution in [0.5, 0.6) is 17.2 Å². The molecule has 0 N–H and O–H groups in total. The van der Waals surface area contributed by atoms with Gasteiger partial charge < -0.3 is 14.2 Å². The molecule has 4 nitrogen and oxygen atoms in total. The second kappa shape index (κ2) is 6.23. The number of benzene rings is 2. The third-order valence-corrected chi connectivity index (χ3v) is 3.44. The maximum absolute atomic E-state index is 9.11. The van der Waals surface area contributed by atoms with Crippen LogP contribution in [0.3, 0.4) is 0 Å². The fourth-order valence-corrected chi connectivity index (χ4v) is 2.40. The molecule has 0 spiro atoms. The summed E-state index contributed by atoms with van der Waals surface area (Å²) in [5.41, 5.74) is 2.63. The van der Waals surface area contributed by atoms with Crippen molar-refractivity contribution >= 4 is 5.57 Å². The van der Waals surface area contributed by atoms with Gasteiger partial charge in [0.05, 0.1) is 13.2 Å². The molecule has 22 heavy (non-hydrogen) atoms. The van der Waals surface area contributed by atoms with Gasteiger partial charge in [0.25, 0.3) is 0 Å². The van der Waals surface area contributed by atoms with Crippen molar-refractivity contribution in [2.45, 2.75) is 0 Å². The Morgan fingerprint density at radius 1 is 1.09 bits per heavy atom. The molecule has 0 radical (unpaired) electrons. The van der Waals surface area contributed by atoms with E-state index in [1.54, 1.807) is 7.11 Å². The first-order valence-corrected chi connectivity index (χ1v) is 6.96. The van der Waals surface area contributed by atoms with Gasteiger partial charge in [-0.05, 0) is 41.0 Å². The second-order valence-electron chi connectivity index (χ2n) is 4.78. The Labute approximate surface area is 129 Å². The molecule has 0 fully saturated rings. The molecular weight excluding hydrogens is 278 g/mol. The predicted octanol–water partition coefficient (Wildman–Crippen LogP) is 3.42. The van der Waals surface area contributed by atoms with Crippen LogP contribution in [0.2, 0.25) is 0 Å². The SMILES string of the molecule is COc1cccc(C(=CC#N)c2ccc3c(c2)OCCO3)c1. The fourth-order valence-electron chi connectivity index (χ4n) is 2.40. The first kappa shape index (κ1) is 14.0. The van der Waals surface area contributed by atoms with Crippen LogP contribution in [-0.2, 0) is 0 Å². The van der Waals surface area contributed by atoms with Crippen LogP contribution >= 0.6 is 0 Å². The Kier molecular flexibility index (Phi) is 3.97. The molecular formula is C18H15NO3. The number of allylic oxidation sites excluding steroid dienone is 1. The lowest BCUT2D eigenvalue weighted by Gasteiger charge is -2.19. The number of fused-ring (bicyclic) bond motifs is 1. The van der Waals surface area contributed by atoms with E-state index in [-0.39, 0.29) is 0 Å². The van der Waals surface area contributed by atoms with E-state index < -0.39 is 0 Å². The van der Waals surface area contributed by atoms with Gasteiger partial charge in [-0.25, -0.2) is 0 Å². The van der Waals surface area contributed by atoms with E-state index in [9.17, 15) is 0 Å². The lowest BCUT2D eigenvalue weighted by Crippen LogP contribution is -2.15. The standard InChI is InChI=1S/C18H15NO3/c1-20-15-4-2-3-13(11-15)16(7-8-19)14-5-6-17-18(12-14)22-10-9-21-17/h2-7,11-12H,9-10H2,1H3.